The molecule has 2 N–H and O–H groups in total. The van der Waals surface area contributed by atoms with Crippen LogP contribution in [0.5, 0.6) is 0 Å². The summed E-state index contributed by atoms with van der Waals surface area (Å²) in [6.45, 7) is 8.62. The van der Waals surface area contributed by atoms with Crippen molar-refractivity contribution < 1.29 is 9.53 Å². The van der Waals surface area contributed by atoms with Crippen LogP contribution < -0.4 is 10.6 Å². The quantitative estimate of drug-likeness (QED) is 0.736. The Hall–Kier alpha value is -0.650. The largest absolute Gasteiger partial charge is 0.381 e. The molecule has 0 unspecified atom stereocenters. The zero-order chi connectivity index (χ0) is 14.9. The predicted molar refractivity (Wildman–Crippen MR) is 84.3 cm³/mol. The van der Waals surface area contributed by atoms with E-state index < -0.39 is 0 Å². The van der Waals surface area contributed by atoms with Crippen molar-refractivity contribution in [2.75, 3.05) is 45.9 Å². The van der Waals surface area contributed by atoms with Crippen molar-refractivity contribution in [2.45, 2.75) is 45.1 Å². The lowest BCUT2D eigenvalue weighted by atomic mass is 9.97. The highest BCUT2D eigenvalue weighted by atomic mass is 16.5. The van der Waals surface area contributed by atoms with Gasteiger partial charge in [-0.2, -0.15) is 0 Å². The van der Waals surface area contributed by atoms with Gasteiger partial charge in [-0.3, -0.25) is 9.69 Å². The summed E-state index contributed by atoms with van der Waals surface area (Å²) < 4.78 is 5.33. The molecule has 0 radical (unpaired) electrons. The van der Waals surface area contributed by atoms with Crippen LogP contribution in [0.3, 0.4) is 0 Å². The summed E-state index contributed by atoms with van der Waals surface area (Å²) in [6.07, 6.45) is 5.49. The van der Waals surface area contributed by atoms with Gasteiger partial charge in [0.15, 0.2) is 0 Å². The van der Waals surface area contributed by atoms with Crippen LogP contribution in [0.4, 0.5) is 0 Å². The van der Waals surface area contributed by atoms with Gasteiger partial charge in [-0.05, 0) is 57.7 Å². The Bertz CT molecular complexity index is 300. The first-order chi connectivity index (χ1) is 10.3. The SMILES string of the molecule is CCCN(CC(=O)NC1CCOCC1)CC1CCNCC1. The van der Waals surface area contributed by atoms with Gasteiger partial charge in [0.05, 0.1) is 6.54 Å². The number of hydrogen-bond donors (Lipinski definition) is 2. The maximum Gasteiger partial charge on any atom is 0.234 e. The fraction of sp³-hybridized carbons (Fsp3) is 0.938. The summed E-state index contributed by atoms with van der Waals surface area (Å²) >= 11 is 0. The molecule has 0 atom stereocenters. The van der Waals surface area contributed by atoms with Crippen LogP contribution in [0.25, 0.3) is 0 Å². The van der Waals surface area contributed by atoms with Gasteiger partial charge in [0.1, 0.15) is 0 Å². The maximum atomic E-state index is 12.2. The molecule has 2 saturated heterocycles. The molecule has 2 aliphatic rings. The number of nitrogens with zero attached hydrogens (tertiary/aromatic N) is 1. The first kappa shape index (κ1) is 16.7. The molecule has 2 aliphatic heterocycles. The van der Waals surface area contributed by atoms with E-state index in [9.17, 15) is 4.79 Å². The maximum absolute atomic E-state index is 12.2. The van der Waals surface area contributed by atoms with Crippen LogP contribution in [0.1, 0.15) is 39.0 Å². The lowest BCUT2D eigenvalue weighted by molar-refractivity contribution is -0.123. The van der Waals surface area contributed by atoms with E-state index in [0.717, 1.165) is 64.6 Å². The van der Waals surface area contributed by atoms with Gasteiger partial charge >= 0.3 is 0 Å². The topological polar surface area (TPSA) is 53.6 Å². The van der Waals surface area contributed by atoms with Crippen molar-refractivity contribution in [3.05, 3.63) is 0 Å². The Morgan fingerprint density at radius 1 is 1.24 bits per heavy atom. The normalized spacial score (nSPS) is 21.6. The van der Waals surface area contributed by atoms with E-state index in [1.807, 2.05) is 0 Å². The molecule has 0 aliphatic carbocycles. The molecule has 2 heterocycles. The summed E-state index contributed by atoms with van der Waals surface area (Å²) in [5.74, 6) is 0.929. The van der Waals surface area contributed by atoms with Gasteiger partial charge in [-0.15, -0.1) is 0 Å². The van der Waals surface area contributed by atoms with E-state index in [-0.39, 0.29) is 5.91 Å². The molecule has 5 heteroatoms. The van der Waals surface area contributed by atoms with Crippen molar-refractivity contribution >= 4 is 5.91 Å². The summed E-state index contributed by atoms with van der Waals surface area (Å²) in [6, 6.07) is 0.314. The van der Waals surface area contributed by atoms with E-state index >= 15 is 0 Å². The Morgan fingerprint density at radius 3 is 2.62 bits per heavy atom. The lowest BCUT2D eigenvalue weighted by Crippen LogP contribution is -2.46. The Labute approximate surface area is 128 Å². The van der Waals surface area contributed by atoms with Crippen LogP contribution in [0.15, 0.2) is 0 Å². The number of rotatable bonds is 7. The Morgan fingerprint density at radius 2 is 1.95 bits per heavy atom. The third kappa shape index (κ3) is 6.32. The van der Waals surface area contributed by atoms with Crippen molar-refractivity contribution in [1.29, 1.82) is 0 Å². The van der Waals surface area contributed by atoms with E-state index in [2.05, 4.69) is 22.5 Å². The van der Waals surface area contributed by atoms with Crippen LogP contribution in [-0.2, 0) is 9.53 Å². The average molecular weight is 297 g/mol. The molecule has 2 rings (SSSR count). The van der Waals surface area contributed by atoms with Crippen LogP contribution >= 0.6 is 0 Å². The van der Waals surface area contributed by atoms with Gasteiger partial charge in [0, 0.05) is 25.8 Å². The van der Waals surface area contributed by atoms with Crippen molar-refractivity contribution in [2.24, 2.45) is 5.92 Å². The average Bonchev–Trinajstić information content (AvgIpc) is 2.49. The number of piperidine rings is 1. The molecule has 0 aromatic rings. The highest BCUT2D eigenvalue weighted by molar-refractivity contribution is 5.78. The minimum absolute atomic E-state index is 0.185. The second-order valence-electron chi connectivity index (χ2n) is 6.38. The highest BCUT2D eigenvalue weighted by Crippen LogP contribution is 2.14. The molecule has 0 aromatic carbocycles. The van der Waals surface area contributed by atoms with Crippen molar-refractivity contribution in [3.8, 4) is 0 Å². The Balaban J connectivity index is 1.73. The fourth-order valence-electron chi connectivity index (χ4n) is 3.30. The zero-order valence-corrected chi connectivity index (χ0v) is 13.4. The first-order valence-electron chi connectivity index (χ1n) is 8.58. The summed E-state index contributed by atoms with van der Waals surface area (Å²) in [5.41, 5.74) is 0. The molecular weight excluding hydrogens is 266 g/mol. The number of ether oxygens (including phenoxy) is 1. The summed E-state index contributed by atoms with van der Waals surface area (Å²) in [7, 11) is 0. The van der Waals surface area contributed by atoms with Crippen molar-refractivity contribution in [1.82, 2.24) is 15.5 Å². The molecule has 0 aromatic heterocycles. The molecular formula is C16H31N3O2. The van der Waals surface area contributed by atoms with E-state index in [1.54, 1.807) is 0 Å². The third-order valence-electron chi connectivity index (χ3n) is 4.47. The second-order valence-corrected chi connectivity index (χ2v) is 6.38. The first-order valence-corrected chi connectivity index (χ1v) is 8.58. The third-order valence-corrected chi connectivity index (χ3v) is 4.47. The summed E-state index contributed by atoms with van der Waals surface area (Å²) in [5, 5.41) is 6.58. The standard InChI is InChI=1S/C16H31N3O2/c1-2-9-19(12-14-3-7-17-8-4-14)13-16(20)18-15-5-10-21-11-6-15/h14-15,17H,2-13H2,1H3,(H,18,20). The molecule has 0 bridgehead atoms. The predicted octanol–water partition coefficient (Wildman–Crippen LogP) is 0.993. The molecule has 1 amide bonds. The number of nitrogens with one attached hydrogen (secondary N) is 2. The second kappa shape index (κ2) is 9.38. The molecule has 5 nitrogen and oxygen atoms in total. The minimum atomic E-state index is 0.185. The van der Waals surface area contributed by atoms with Gasteiger partial charge in [-0.1, -0.05) is 6.92 Å². The highest BCUT2D eigenvalue weighted by Gasteiger charge is 2.20. The van der Waals surface area contributed by atoms with E-state index in [4.69, 9.17) is 4.74 Å². The zero-order valence-electron chi connectivity index (χ0n) is 13.4. The van der Waals surface area contributed by atoms with Crippen LogP contribution in [-0.4, -0.2) is 62.8 Å². The summed E-state index contributed by atoms with van der Waals surface area (Å²) in [4.78, 5) is 14.6. The number of carbonyl (C=O) groups excluding carboxylic acids is 1. The van der Waals surface area contributed by atoms with Crippen LogP contribution in [0.2, 0.25) is 0 Å². The molecule has 0 saturated carbocycles. The van der Waals surface area contributed by atoms with Crippen LogP contribution in [0, 0.1) is 5.92 Å². The van der Waals surface area contributed by atoms with Crippen molar-refractivity contribution in [3.63, 3.8) is 0 Å². The number of amides is 1. The minimum Gasteiger partial charge on any atom is -0.381 e. The van der Waals surface area contributed by atoms with Gasteiger partial charge in [0.25, 0.3) is 0 Å². The fourth-order valence-corrected chi connectivity index (χ4v) is 3.30. The van der Waals surface area contributed by atoms with E-state index in [1.165, 1.54) is 12.8 Å². The molecule has 0 spiro atoms. The smallest absolute Gasteiger partial charge is 0.234 e. The van der Waals surface area contributed by atoms with E-state index in [0.29, 0.717) is 12.6 Å². The van der Waals surface area contributed by atoms with Gasteiger partial charge < -0.3 is 15.4 Å². The number of carbonyl (C=O) groups is 1. The lowest BCUT2D eigenvalue weighted by Gasteiger charge is -2.30. The van der Waals surface area contributed by atoms with Gasteiger partial charge in [0.2, 0.25) is 5.91 Å². The molecule has 122 valence electrons. The molecule has 2 fully saturated rings. The monoisotopic (exact) mass is 297 g/mol. The van der Waals surface area contributed by atoms with Gasteiger partial charge in [-0.25, -0.2) is 0 Å². The Kier molecular flexibility index (Phi) is 7.47. The number of hydrogen-bond acceptors (Lipinski definition) is 4. The molecule has 21 heavy (non-hydrogen) atoms.